The van der Waals surface area contributed by atoms with E-state index in [-0.39, 0.29) is 12.3 Å². The quantitative estimate of drug-likeness (QED) is 0.186. The molecule has 1 aromatic heterocycles. The number of hydrogen-bond donors (Lipinski definition) is 1. The van der Waals surface area contributed by atoms with Crippen LogP contribution in [0.2, 0.25) is 10.3 Å². The Hall–Kier alpha value is -2.58. The van der Waals surface area contributed by atoms with E-state index in [1.807, 2.05) is 0 Å². The monoisotopic (exact) mass is 418 g/mol. The number of hydrogen-bond acceptors (Lipinski definition) is 5. The number of ether oxygens (including phenoxy) is 1. The van der Waals surface area contributed by atoms with Gasteiger partial charge < -0.3 is 10.1 Å². The molecule has 2 aromatic rings. The zero-order valence-corrected chi connectivity index (χ0v) is 15.2. The van der Waals surface area contributed by atoms with E-state index in [1.54, 1.807) is 0 Å². The van der Waals surface area contributed by atoms with Crippen molar-refractivity contribution in [2.45, 2.75) is 6.92 Å². The molecular weight excluding hydrogens is 408 g/mol. The predicted octanol–water partition coefficient (Wildman–Crippen LogP) is 4.55. The standard InChI is InChI=1S/C17H11Cl2F3N2O3/c1-2-27-17(26)10(7-23-13-4-3-8(20)5-11(13)21)14(25)9-6-12(22)16(19)24-15(9)18/h3-7,23H,2H2,1H3/b10-7-. The molecule has 27 heavy (non-hydrogen) atoms. The van der Waals surface area contributed by atoms with Gasteiger partial charge in [0.25, 0.3) is 0 Å². The van der Waals surface area contributed by atoms with Crippen molar-refractivity contribution in [3.63, 3.8) is 0 Å². The van der Waals surface area contributed by atoms with Gasteiger partial charge in [0.2, 0.25) is 5.78 Å². The molecule has 0 saturated heterocycles. The lowest BCUT2D eigenvalue weighted by Crippen LogP contribution is -2.18. The second-order valence-corrected chi connectivity index (χ2v) is 5.69. The third kappa shape index (κ3) is 4.99. The Morgan fingerprint density at radius 1 is 1.15 bits per heavy atom. The molecule has 1 aromatic carbocycles. The third-order valence-electron chi connectivity index (χ3n) is 3.17. The van der Waals surface area contributed by atoms with Gasteiger partial charge in [-0.2, -0.15) is 0 Å². The Bertz CT molecular complexity index is 936. The average molecular weight is 419 g/mol. The summed E-state index contributed by atoms with van der Waals surface area (Å²) in [6, 6.07) is 3.36. The summed E-state index contributed by atoms with van der Waals surface area (Å²) < 4.78 is 45.1. The van der Waals surface area contributed by atoms with E-state index in [0.29, 0.717) is 12.1 Å². The largest absolute Gasteiger partial charge is 0.462 e. The minimum Gasteiger partial charge on any atom is -0.462 e. The highest BCUT2D eigenvalue weighted by Gasteiger charge is 2.25. The Labute approximate surface area is 161 Å². The molecular formula is C17H11Cl2F3N2O3. The van der Waals surface area contributed by atoms with E-state index in [9.17, 15) is 22.8 Å². The first kappa shape index (κ1) is 20.7. The molecule has 0 fully saturated rings. The van der Waals surface area contributed by atoms with Crippen molar-refractivity contribution in [2.75, 3.05) is 11.9 Å². The van der Waals surface area contributed by atoms with Crippen LogP contribution >= 0.6 is 23.2 Å². The van der Waals surface area contributed by atoms with Gasteiger partial charge in [0.05, 0.1) is 17.9 Å². The minimum atomic E-state index is -1.07. The van der Waals surface area contributed by atoms with Crippen LogP contribution in [0.5, 0.6) is 0 Å². The summed E-state index contributed by atoms with van der Waals surface area (Å²) in [7, 11) is 0. The Kier molecular flexibility index (Phi) is 6.81. The fourth-order valence-electron chi connectivity index (χ4n) is 1.93. The van der Waals surface area contributed by atoms with Gasteiger partial charge in [0.1, 0.15) is 22.4 Å². The molecule has 0 aliphatic carbocycles. The number of nitrogens with zero attached hydrogens (tertiary/aromatic N) is 1. The van der Waals surface area contributed by atoms with Crippen LogP contribution in [0.1, 0.15) is 17.3 Å². The van der Waals surface area contributed by atoms with Gasteiger partial charge >= 0.3 is 5.97 Å². The van der Waals surface area contributed by atoms with Crippen molar-refractivity contribution in [1.82, 2.24) is 4.98 Å². The number of nitrogens with one attached hydrogen (secondary N) is 1. The van der Waals surface area contributed by atoms with Gasteiger partial charge in [-0.25, -0.2) is 22.9 Å². The molecule has 2 rings (SSSR count). The number of Topliss-reactive ketones (excluding diaryl/α,β-unsaturated/α-hetero) is 1. The summed E-state index contributed by atoms with van der Waals surface area (Å²) in [6.07, 6.45) is 0.847. The Morgan fingerprint density at radius 2 is 1.85 bits per heavy atom. The molecule has 1 heterocycles. The third-order valence-corrected chi connectivity index (χ3v) is 3.73. The van der Waals surface area contributed by atoms with Crippen LogP contribution in [-0.2, 0) is 9.53 Å². The molecule has 0 aliphatic rings. The number of benzene rings is 1. The number of aromatic nitrogens is 1. The molecule has 0 amide bonds. The maximum absolute atomic E-state index is 13.7. The van der Waals surface area contributed by atoms with E-state index >= 15 is 0 Å². The smallest absolute Gasteiger partial charge is 0.343 e. The summed E-state index contributed by atoms with van der Waals surface area (Å²) in [6.45, 7) is 1.44. The van der Waals surface area contributed by atoms with Crippen LogP contribution in [0.25, 0.3) is 0 Å². The summed E-state index contributed by atoms with van der Waals surface area (Å²) in [5.74, 6) is -4.89. The van der Waals surface area contributed by atoms with Crippen molar-refractivity contribution >= 4 is 40.6 Å². The number of halogens is 5. The molecule has 0 bridgehead atoms. The molecule has 5 nitrogen and oxygen atoms in total. The summed E-state index contributed by atoms with van der Waals surface area (Å²) in [5.41, 5.74) is -1.26. The molecule has 0 spiro atoms. The Balaban J connectivity index is 2.43. The van der Waals surface area contributed by atoms with Gasteiger partial charge in [0, 0.05) is 12.3 Å². The van der Waals surface area contributed by atoms with Crippen molar-refractivity contribution in [1.29, 1.82) is 0 Å². The zero-order chi connectivity index (χ0) is 20.1. The van der Waals surface area contributed by atoms with Crippen LogP contribution < -0.4 is 5.32 Å². The number of ketones is 1. The fraction of sp³-hybridized carbons (Fsp3) is 0.118. The molecule has 0 radical (unpaired) electrons. The lowest BCUT2D eigenvalue weighted by atomic mass is 10.1. The van der Waals surface area contributed by atoms with Gasteiger partial charge in [0.15, 0.2) is 11.0 Å². The maximum atomic E-state index is 13.7. The molecule has 142 valence electrons. The predicted molar refractivity (Wildman–Crippen MR) is 93.2 cm³/mol. The highest BCUT2D eigenvalue weighted by molar-refractivity contribution is 6.37. The van der Waals surface area contributed by atoms with Crippen LogP contribution in [0.4, 0.5) is 18.9 Å². The van der Waals surface area contributed by atoms with Gasteiger partial charge in [-0.15, -0.1) is 0 Å². The number of rotatable bonds is 6. The second-order valence-electron chi connectivity index (χ2n) is 4.98. The molecule has 0 aliphatic heterocycles. The fourth-order valence-corrected chi connectivity index (χ4v) is 2.34. The number of carbonyl (C=O) groups is 2. The first-order valence-corrected chi connectivity index (χ1v) is 8.15. The number of anilines is 1. The van der Waals surface area contributed by atoms with Crippen molar-refractivity contribution < 1.29 is 27.5 Å². The topological polar surface area (TPSA) is 68.3 Å². The molecule has 10 heteroatoms. The van der Waals surface area contributed by atoms with Gasteiger partial charge in [-0.3, -0.25) is 4.79 Å². The first-order chi connectivity index (χ1) is 12.7. The normalized spacial score (nSPS) is 11.3. The number of esters is 1. The van der Waals surface area contributed by atoms with Gasteiger partial charge in [-0.1, -0.05) is 23.2 Å². The van der Waals surface area contributed by atoms with E-state index in [4.69, 9.17) is 27.9 Å². The SMILES string of the molecule is CCOC(=O)/C(=C\Nc1ccc(F)cc1F)C(=O)c1cc(F)c(Cl)nc1Cl. The van der Waals surface area contributed by atoms with Crippen LogP contribution in [-0.4, -0.2) is 23.3 Å². The molecule has 0 atom stereocenters. The van der Waals surface area contributed by atoms with Crippen molar-refractivity contribution in [2.24, 2.45) is 0 Å². The van der Waals surface area contributed by atoms with Crippen molar-refractivity contribution in [3.05, 3.63) is 69.4 Å². The van der Waals surface area contributed by atoms with E-state index in [0.717, 1.165) is 18.3 Å². The molecule has 0 saturated carbocycles. The first-order valence-electron chi connectivity index (χ1n) is 7.39. The maximum Gasteiger partial charge on any atom is 0.343 e. The van der Waals surface area contributed by atoms with E-state index < -0.39 is 50.6 Å². The highest BCUT2D eigenvalue weighted by atomic mass is 35.5. The average Bonchev–Trinajstić information content (AvgIpc) is 2.60. The lowest BCUT2D eigenvalue weighted by Gasteiger charge is -2.09. The molecule has 1 N–H and O–H groups in total. The van der Waals surface area contributed by atoms with Crippen LogP contribution in [0.15, 0.2) is 36.0 Å². The lowest BCUT2D eigenvalue weighted by molar-refractivity contribution is -0.138. The summed E-state index contributed by atoms with van der Waals surface area (Å²) in [5, 5.41) is 1.38. The van der Waals surface area contributed by atoms with E-state index in [2.05, 4.69) is 10.3 Å². The summed E-state index contributed by atoms with van der Waals surface area (Å²) >= 11 is 11.3. The second kappa shape index (κ2) is 8.88. The number of carbonyl (C=O) groups excluding carboxylic acids is 2. The number of pyridine rings is 1. The van der Waals surface area contributed by atoms with Gasteiger partial charge in [-0.05, 0) is 25.1 Å². The van der Waals surface area contributed by atoms with Crippen LogP contribution in [0.3, 0.4) is 0 Å². The van der Waals surface area contributed by atoms with Crippen LogP contribution in [0, 0.1) is 17.5 Å². The minimum absolute atomic E-state index is 0.0602. The zero-order valence-electron chi connectivity index (χ0n) is 13.7. The molecule has 0 unspecified atom stereocenters. The Morgan fingerprint density at radius 3 is 2.48 bits per heavy atom. The van der Waals surface area contributed by atoms with E-state index in [1.165, 1.54) is 6.92 Å². The van der Waals surface area contributed by atoms with Crippen molar-refractivity contribution in [3.8, 4) is 0 Å². The summed E-state index contributed by atoms with van der Waals surface area (Å²) in [4.78, 5) is 28.2. The highest BCUT2D eigenvalue weighted by Crippen LogP contribution is 2.24.